The molecule has 0 unspecified atom stereocenters. The highest BCUT2D eigenvalue weighted by Gasteiger charge is 2.15. The first-order chi connectivity index (χ1) is 9.34. The second kappa shape index (κ2) is 3.91. The molecule has 1 aliphatic carbocycles. The van der Waals surface area contributed by atoms with E-state index in [9.17, 15) is 4.79 Å². The summed E-state index contributed by atoms with van der Waals surface area (Å²) in [6.07, 6.45) is 7.24. The summed E-state index contributed by atoms with van der Waals surface area (Å²) in [5.74, 6) is 0. The van der Waals surface area contributed by atoms with Crippen molar-refractivity contribution in [2.45, 2.75) is 32.1 Å². The number of aromatic amines is 1. The molecule has 2 aromatic heterocycles. The molecule has 19 heavy (non-hydrogen) atoms. The molecule has 5 heteroatoms. The smallest absolute Gasteiger partial charge is 0.305 e. The van der Waals surface area contributed by atoms with Crippen molar-refractivity contribution >= 4 is 16.6 Å². The first-order valence-corrected chi connectivity index (χ1v) is 6.71. The highest BCUT2D eigenvalue weighted by molar-refractivity contribution is 5.93. The van der Waals surface area contributed by atoms with Gasteiger partial charge in [0.25, 0.3) is 0 Å². The number of aryl methyl sites for hydroxylation is 2. The van der Waals surface area contributed by atoms with Crippen LogP contribution < -0.4 is 5.69 Å². The van der Waals surface area contributed by atoms with Gasteiger partial charge in [-0.05, 0) is 42.9 Å². The van der Waals surface area contributed by atoms with E-state index in [0.29, 0.717) is 5.65 Å². The Morgan fingerprint density at radius 1 is 1.16 bits per heavy atom. The Hall–Kier alpha value is -2.17. The van der Waals surface area contributed by atoms with Crippen molar-refractivity contribution in [1.82, 2.24) is 19.6 Å². The van der Waals surface area contributed by atoms with Crippen LogP contribution in [0, 0.1) is 0 Å². The summed E-state index contributed by atoms with van der Waals surface area (Å²) in [7, 11) is 0. The average Bonchev–Trinajstić information content (AvgIpc) is 2.78. The third-order valence-electron chi connectivity index (χ3n) is 4.00. The van der Waals surface area contributed by atoms with Crippen LogP contribution in [0.4, 0.5) is 0 Å². The third-order valence-corrected chi connectivity index (χ3v) is 4.00. The third kappa shape index (κ3) is 1.51. The van der Waals surface area contributed by atoms with Crippen LogP contribution in [0.5, 0.6) is 0 Å². The van der Waals surface area contributed by atoms with Crippen molar-refractivity contribution in [3.05, 3.63) is 40.1 Å². The number of H-pyrrole nitrogens is 1. The van der Waals surface area contributed by atoms with E-state index in [2.05, 4.69) is 27.2 Å². The maximum atomic E-state index is 12.0. The molecule has 1 aliphatic rings. The molecule has 0 radical (unpaired) electrons. The van der Waals surface area contributed by atoms with Gasteiger partial charge in [-0.2, -0.15) is 9.61 Å². The molecule has 5 nitrogen and oxygen atoms in total. The lowest BCUT2D eigenvalue weighted by molar-refractivity contribution is 0.712. The standard InChI is InChI=1S/C14H14N4O/c19-14-17-12-10-5-3-1-2-4-9(10)6-7-11(12)13-15-8-16-18(13)14/h6-8H,1-5H2,(H,17,19). The lowest BCUT2D eigenvalue weighted by Crippen LogP contribution is -2.18. The second-order valence-corrected chi connectivity index (χ2v) is 5.11. The van der Waals surface area contributed by atoms with Crippen LogP contribution in [0.2, 0.25) is 0 Å². The van der Waals surface area contributed by atoms with E-state index < -0.39 is 0 Å². The minimum Gasteiger partial charge on any atom is -0.305 e. The van der Waals surface area contributed by atoms with Crippen LogP contribution in [0.3, 0.4) is 0 Å². The molecule has 0 fully saturated rings. The lowest BCUT2D eigenvalue weighted by atomic mass is 9.99. The molecule has 0 spiro atoms. The Labute approximate surface area is 109 Å². The first kappa shape index (κ1) is 10.7. The first-order valence-electron chi connectivity index (χ1n) is 6.71. The van der Waals surface area contributed by atoms with Gasteiger partial charge in [0.1, 0.15) is 6.33 Å². The molecule has 0 saturated carbocycles. The van der Waals surface area contributed by atoms with Crippen molar-refractivity contribution in [1.29, 1.82) is 0 Å². The summed E-state index contributed by atoms with van der Waals surface area (Å²) >= 11 is 0. The Morgan fingerprint density at radius 2 is 2.05 bits per heavy atom. The van der Waals surface area contributed by atoms with Gasteiger partial charge in [-0.15, -0.1) is 0 Å². The van der Waals surface area contributed by atoms with Gasteiger partial charge in [0.2, 0.25) is 0 Å². The summed E-state index contributed by atoms with van der Waals surface area (Å²) < 4.78 is 1.32. The van der Waals surface area contributed by atoms with Crippen LogP contribution in [-0.2, 0) is 12.8 Å². The largest absolute Gasteiger partial charge is 0.348 e. The van der Waals surface area contributed by atoms with Crippen molar-refractivity contribution in [2.75, 3.05) is 0 Å². The summed E-state index contributed by atoms with van der Waals surface area (Å²) in [6, 6.07) is 4.23. The molecule has 2 heterocycles. The fraction of sp³-hybridized carbons (Fsp3) is 0.357. The Morgan fingerprint density at radius 3 is 3.00 bits per heavy atom. The summed E-state index contributed by atoms with van der Waals surface area (Å²) in [5.41, 5.74) is 4.04. The quantitative estimate of drug-likeness (QED) is 0.623. The van der Waals surface area contributed by atoms with Gasteiger partial charge in [0.05, 0.1) is 5.52 Å². The SMILES string of the molecule is O=c1[nH]c2c3c(ccc2c2ncnn12)CCCCC3. The summed E-state index contributed by atoms with van der Waals surface area (Å²) in [5, 5.41) is 4.94. The van der Waals surface area contributed by atoms with Crippen LogP contribution in [0.15, 0.2) is 23.3 Å². The molecule has 0 bridgehead atoms. The zero-order valence-electron chi connectivity index (χ0n) is 10.5. The molecule has 3 aromatic rings. The monoisotopic (exact) mass is 254 g/mol. The highest BCUT2D eigenvalue weighted by Crippen LogP contribution is 2.27. The molecule has 0 amide bonds. The molecule has 0 aliphatic heterocycles. The average molecular weight is 254 g/mol. The van der Waals surface area contributed by atoms with E-state index in [0.717, 1.165) is 23.7 Å². The predicted molar refractivity (Wildman–Crippen MR) is 72.4 cm³/mol. The minimum absolute atomic E-state index is 0.211. The molecule has 4 rings (SSSR count). The van der Waals surface area contributed by atoms with Crippen LogP contribution >= 0.6 is 0 Å². The van der Waals surface area contributed by atoms with E-state index in [1.165, 1.54) is 41.2 Å². The molecule has 96 valence electrons. The number of nitrogens with zero attached hydrogens (tertiary/aromatic N) is 3. The number of benzene rings is 1. The normalized spacial score (nSPS) is 15.6. The van der Waals surface area contributed by atoms with Crippen molar-refractivity contribution in [3.8, 4) is 0 Å². The van der Waals surface area contributed by atoms with Gasteiger partial charge >= 0.3 is 5.69 Å². The highest BCUT2D eigenvalue weighted by atomic mass is 16.1. The minimum atomic E-state index is -0.211. The van der Waals surface area contributed by atoms with Gasteiger partial charge in [0.15, 0.2) is 5.65 Å². The fourth-order valence-corrected chi connectivity index (χ4v) is 3.07. The topological polar surface area (TPSA) is 63.0 Å². The zero-order valence-corrected chi connectivity index (χ0v) is 10.5. The molecule has 1 aromatic carbocycles. The van der Waals surface area contributed by atoms with Crippen molar-refractivity contribution in [2.24, 2.45) is 0 Å². The van der Waals surface area contributed by atoms with Crippen molar-refractivity contribution < 1.29 is 0 Å². The lowest BCUT2D eigenvalue weighted by Gasteiger charge is -2.09. The van der Waals surface area contributed by atoms with Crippen LogP contribution in [-0.4, -0.2) is 19.6 Å². The molecule has 1 N–H and O–H groups in total. The summed E-state index contributed by atoms with van der Waals surface area (Å²) in [4.78, 5) is 19.2. The maximum Gasteiger partial charge on any atom is 0.348 e. The van der Waals surface area contributed by atoms with E-state index in [1.807, 2.05) is 0 Å². The summed E-state index contributed by atoms with van der Waals surface area (Å²) in [6.45, 7) is 0. The van der Waals surface area contributed by atoms with E-state index in [-0.39, 0.29) is 5.69 Å². The number of hydrogen-bond acceptors (Lipinski definition) is 3. The second-order valence-electron chi connectivity index (χ2n) is 5.11. The number of rotatable bonds is 0. The zero-order chi connectivity index (χ0) is 12.8. The molecule has 0 atom stereocenters. The van der Waals surface area contributed by atoms with Gasteiger partial charge in [-0.1, -0.05) is 12.5 Å². The van der Waals surface area contributed by atoms with Gasteiger partial charge in [0, 0.05) is 5.39 Å². The predicted octanol–water partition coefficient (Wildman–Crippen LogP) is 1.84. The maximum absolute atomic E-state index is 12.0. The molecular weight excluding hydrogens is 240 g/mol. The fourth-order valence-electron chi connectivity index (χ4n) is 3.07. The number of nitrogens with one attached hydrogen (secondary N) is 1. The number of aromatic nitrogens is 4. The Kier molecular flexibility index (Phi) is 2.21. The number of fused-ring (bicyclic) bond motifs is 5. The molecule has 0 saturated heterocycles. The van der Waals surface area contributed by atoms with E-state index in [4.69, 9.17) is 0 Å². The number of hydrogen-bond donors (Lipinski definition) is 1. The van der Waals surface area contributed by atoms with Crippen LogP contribution in [0.25, 0.3) is 16.6 Å². The van der Waals surface area contributed by atoms with Gasteiger partial charge < -0.3 is 4.98 Å². The Bertz CT molecular complexity index is 830. The Balaban J connectivity index is 2.16. The van der Waals surface area contributed by atoms with Crippen LogP contribution in [0.1, 0.15) is 30.4 Å². The van der Waals surface area contributed by atoms with E-state index >= 15 is 0 Å². The van der Waals surface area contributed by atoms with Gasteiger partial charge in [-0.3, -0.25) is 0 Å². The van der Waals surface area contributed by atoms with E-state index in [1.54, 1.807) is 0 Å². The molecular formula is C14H14N4O. The van der Waals surface area contributed by atoms with Crippen molar-refractivity contribution in [3.63, 3.8) is 0 Å². The van der Waals surface area contributed by atoms with Gasteiger partial charge in [-0.25, -0.2) is 9.78 Å².